The molecule has 1 saturated heterocycles. The zero-order chi connectivity index (χ0) is 20.5. The van der Waals surface area contributed by atoms with Crippen LogP contribution < -0.4 is 5.32 Å². The highest BCUT2D eigenvalue weighted by atomic mass is 35.5. The van der Waals surface area contributed by atoms with Crippen LogP contribution in [0.4, 0.5) is 5.69 Å². The van der Waals surface area contributed by atoms with Gasteiger partial charge in [0.15, 0.2) is 5.17 Å². The molecular formula is C20H10Cl4N2O2S. The topological polar surface area (TPSA) is 54.6 Å². The molecule has 1 aliphatic rings. The monoisotopic (exact) mass is 482 g/mol. The number of thioether (sulfide) groups is 1. The molecule has 29 heavy (non-hydrogen) atoms. The predicted octanol–water partition coefficient (Wildman–Crippen LogP) is 7.45. The SMILES string of the molecule is O=C1NC(=Nc2ccc(Cl)cc2Cl)SC1=Cc1ccc(-c2c(Cl)cccc2Cl)o1. The van der Waals surface area contributed by atoms with E-state index in [1.807, 2.05) is 0 Å². The summed E-state index contributed by atoms with van der Waals surface area (Å²) in [6.07, 6.45) is 1.63. The molecule has 0 radical (unpaired) electrons. The normalized spacial score (nSPS) is 16.6. The van der Waals surface area contributed by atoms with E-state index in [2.05, 4.69) is 10.3 Å². The summed E-state index contributed by atoms with van der Waals surface area (Å²) in [5, 5.41) is 4.97. The number of hydrogen-bond donors (Lipinski definition) is 1. The fourth-order valence-electron chi connectivity index (χ4n) is 2.59. The minimum atomic E-state index is -0.285. The van der Waals surface area contributed by atoms with Crippen molar-refractivity contribution < 1.29 is 9.21 Å². The van der Waals surface area contributed by atoms with Crippen molar-refractivity contribution in [2.75, 3.05) is 0 Å². The maximum Gasteiger partial charge on any atom is 0.264 e. The van der Waals surface area contributed by atoms with Gasteiger partial charge in [-0.1, -0.05) is 52.5 Å². The Bertz CT molecular complexity index is 1170. The van der Waals surface area contributed by atoms with Crippen LogP contribution in [0.1, 0.15) is 5.76 Å². The number of aliphatic imine (C=N–C) groups is 1. The fraction of sp³-hybridized carbons (Fsp3) is 0. The number of carbonyl (C=O) groups excluding carboxylic acids is 1. The van der Waals surface area contributed by atoms with E-state index < -0.39 is 0 Å². The highest BCUT2D eigenvalue weighted by Gasteiger charge is 2.25. The number of rotatable bonds is 3. The molecule has 1 N–H and O–H groups in total. The number of benzene rings is 2. The molecule has 146 valence electrons. The number of halogens is 4. The van der Waals surface area contributed by atoms with Gasteiger partial charge < -0.3 is 9.73 Å². The maximum atomic E-state index is 12.3. The van der Waals surface area contributed by atoms with Crippen molar-refractivity contribution in [1.82, 2.24) is 5.32 Å². The number of nitrogens with one attached hydrogen (secondary N) is 1. The number of amidine groups is 1. The summed E-state index contributed by atoms with van der Waals surface area (Å²) in [7, 11) is 0. The third kappa shape index (κ3) is 4.49. The Morgan fingerprint density at radius 3 is 2.45 bits per heavy atom. The van der Waals surface area contributed by atoms with E-state index in [0.29, 0.717) is 52.9 Å². The van der Waals surface area contributed by atoms with Gasteiger partial charge in [-0.2, -0.15) is 0 Å². The van der Waals surface area contributed by atoms with Crippen molar-refractivity contribution in [3.8, 4) is 11.3 Å². The van der Waals surface area contributed by atoms with Gasteiger partial charge in [0.1, 0.15) is 11.5 Å². The van der Waals surface area contributed by atoms with Crippen molar-refractivity contribution in [3.05, 3.63) is 79.3 Å². The number of nitrogens with zero attached hydrogens (tertiary/aromatic N) is 1. The van der Waals surface area contributed by atoms with Crippen LogP contribution in [0.5, 0.6) is 0 Å². The van der Waals surface area contributed by atoms with Crippen molar-refractivity contribution in [2.45, 2.75) is 0 Å². The van der Waals surface area contributed by atoms with Gasteiger partial charge in [0, 0.05) is 11.1 Å². The summed E-state index contributed by atoms with van der Waals surface area (Å²) < 4.78 is 5.81. The summed E-state index contributed by atoms with van der Waals surface area (Å²) in [6.45, 7) is 0. The first kappa shape index (κ1) is 20.4. The van der Waals surface area contributed by atoms with E-state index in [9.17, 15) is 4.79 Å². The van der Waals surface area contributed by atoms with Gasteiger partial charge in [-0.15, -0.1) is 0 Å². The van der Waals surface area contributed by atoms with Crippen molar-refractivity contribution >= 4 is 81.0 Å². The lowest BCUT2D eigenvalue weighted by Gasteiger charge is -2.02. The molecule has 4 rings (SSSR count). The second-order valence-electron chi connectivity index (χ2n) is 5.88. The van der Waals surface area contributed by atoms with E-state index in [-0.39, 0.29) is 5.91 Å². The summed E-state index contributed by atoms with van der Waals surface area (Å²) in [6, 6.07) is 13.6. The Hall–Kier alpha value is -1.89. The molecule has 0 saturated carbocycles. The molecule has 0 unspecified atom stereocenters. The van der Waals surface area contributed by atoms with Crippen LogP contribution in [0.3, 0.4) is 0 Å². The summed E-state index contributed by atoms with van der Waals surface area (Å²) in [5.41, 5.74) is 1.11. The molecule has 0 atom stereocenters. The van der Waals surface area contributed by atoms with Gasteiger partial charge in [-0.25, -0.2) is 4.99 Å². The Balaban J connectivity index is 1.59. The largest absolute Gasteiger partial charge is 0.457 e. The highest BCUT2D eigenvalue weighted by molar-refractivity contribution is 8.18. The average Bonchev–Trinajstić information content (AvgIpc) is 3.25. The standard InChI is InChI=1S/C20H10Cl4N2O2S/c21-10-4-6-15(14(24)8-10)25-20-26-19(27)17(29-20)9-11-5-7-16(28-11)18-12(22)2-1-3-13(18)23/h1-9H,(H,25,26,27). The molecule has 2 heterocycles. The first-order valence-corrected chi connectivity index (χ1v) is 10.5. The van der Waals surface area contributed by atoms with Gasteiger partial charge >= 0.3 is 0 Å². The lowest BCUT2D eigenvalue weighted by atomic mass is 10.2. The molecule has 9 heteroatoms. The number of amides is 1. The van der Waals surface area contributed by atoms with Crippen LogP contribution >= 0.6 is 58.2 Å². The molecule has 4 nitrogen and oxygen atoms in total. The molecular weight excluding hydrogens is 474 g/mol. The maximum absolute atomic E-state index is 12.3. The third-order valence-corrected chi connectivity index (χ3v) is 5.97. The van der Waals surface area contributed by atoms with Crippen molar-refractivity contribution in [1.29, 1.82) is 0 Å². The van der Waals surface area contributed by atoms with E-state index in [1.165, 1.54) is 11.8 Å². The van der Waals surface area contributed by atoms with Gasteiger partial charge in [0.05, 0.1) is 31.2 Å². The molecule has 0 bridgehead atoms. The van der Waals surface area contributed by atoms with E-state index in [1.54, 1.807) is 54.6 Å². The first-order valence-electron chi connectivity index (χ1n) is 8.19. The van der Waals surface area contributed by atoms with Crippen molar-refractivity contribution in [2.24, 2.45) is 4.99 Å². The Morgan fingerprint density at radius 1 is 0.966 bits per heavy atom. The van der Waals surface area contributed by atoms with Crippen LogP contribution in [-0.4, -0.2) is 11.1 Å². The number of hydrogen-bond acceptors (Lipinski definition) is 4. The molecule has 1 amide bonds. The van der Waals surface area contributed by atoms with Crippen LogP contribution in [0.25, 0.3) is 17.4 Å². The fourth-order valence-corrected chi connectivity index (χ4v) is 4.44. The zero-order valence-corrected chi connectivity index (χ0v) is 18.2. The Labute approximate surface area is 190 Å². The van der Waals surface area contributed by atoms with Crippen LogP contribution in [-0.2, 0) is 4.79 Å². The number of carbonyl (C=O) groups is 1. The quantitative estimate of drug-likeness (QED) is 0.393. The van der Waals surface area contributed by atoms with E-state index in [4.69, 9.17) is 50.8 Å². The van der Waals surface area contributed by atoms with E-state index >= 15 is 0 Å². The minimum absolute atomic E-state index is 0.285. The predicted molar refractivity (Wildman–Crippen MR) is 121 cm³/mol. The highest BCUT2D eigenvalue weighted by Crippen LogP contribution is 2.37. The molecule has 2 aromatic carbocycles. The smallest absolute Gasteiger partial charge is 0.264 e. The molecule has 1 aromatic heterocycles. The van der Waals surface area contributed by atoms with Gasteiger partial charge in [-0.3, -0.25) is 4.79 Å². The van der Waals surface area contributed by atoms with Gasteiger partial charge in [0.25, 0.3) is 5.91 Å². The molecule has 3 aromatic rings. The third-order valence-electron chi connectivity index (χ3n) is 3.89. The summed E-state index contributed by atoms with van der Waals surface area (Å²) in [5.74, 6) is 0.713. The van der Waals surface area contributed by atoms with Crippen LogP contribution in [0, 0.1) is 0 Å². The lowest BCUT2D eigenvalue weighted by molar-refractivity contribution is -0.115. The number of furan rings is 1. The second kappa shape index (κ2) is 8.46. The van der Waals surface area contributed by atoms with Gasteiger partial charge in [0.2, 0.25) is 0 Å². The van der Waals surface area contributed by atoms with Crippen LogP contribution in [0.15, 0.2) is 62.8 Å². The average molecular weight is 484 g/mol. The minimum Gasteiger partial charge on any atom is -0.457 e. The molecule has 0 spiro atoms. The summed E-state index contributed by atoms with van der Waals surface area (Å²) in [4.78, 5) is 17.1. The molecule has 1 fully saturated rings. The summed E-state index contributed by atoms with van der Waals surface area (Å²) >= 11 is 25.6. The van der Waals surface area contributed by atoms with E-state index in [0.717, 1.165) is 0 Å². The van der Waals surface area contributed by atoms with Gasteiger partial charge in [-0.05, 0) is 54.2 Å². The first-order chi connectivity index (χ1) is 13.9. The Kier molecular flexibility index (Phi) is 5.95. The Morgan fingerprint density at radius 2 is 1.72 bits per heavy atom. The van der Waals surface area contributed by atoms with Crippen LogP contribution in [0.2, 0.25) is 20.1 Å². The van der Waals surface area contributed by atoms with Crippen molar-refractivity contribution in [3.63, 3.8) is 0 Å². The second-order valence-corrected chi connectivity index (χ2v) is 8.56. The zero-order valence-electron chi connectivity index (χ0n) is 14.4. The lowest BCUT2D eigenvalue weighted by Crippen LogP contribution is -2.19. The molecule has 1 aliphatic heterocycles. The molecule has 0 aliphatic carbocycles.